The molecular formula is C26H23FN4O. The first kappa shape index (κ1) is 19.0. The number of halogens is 1. The van der Waals surface area contributed by atoms with Gasteiger partial charge in [-0.1, -0.05) is 24.3 Å². The zero-order valence-electron chi connectivity index (χ0n) is 17.8. The molecule has 0 amide bonds. The molecular weight excluding hydrogens is 403 g/mol. The number of methoxy groups -OCH3 is 1. The van der Waals surface area contributed by atoms with E-state index in [0.717, 1.165) is 48.2 Å². The van der Waals surface area contributed by atoms with E-state index in [1.165, 1.54) is 28.8 Å². The van der Waals surface area contributed by atoms with Crippen LogP contribution in [0.5, 0.6) is 5.75 Å². The van der Waals surface area contributed by atoms with Gasteiger partial charge in [0.2, 0.25) is 5.95 Å². The number of benzene rings is 3. The SMILES string of the molecule is COc1cccc2c(N3CCc4cccc5c4C3CC5)nc(Nc3ccc(F)cc3)nc12. The van der Waals surface area contributed by atoms with Gasteiger partial charge in [-0.3, -0.25) is 0 Å². The number of anilines is 3. The van der Waals surface area contributed by atoms with Crippen molar-refractivity contribution in [2.24, 2.45) is 0 Å². The third-order valence-electron chi connectivity index (χ3n) is 6.57. The van der Waals surface area contributed by atoms with Gasteiger partial charge < -0.3 is 15.0 Å². The van der Waals surface area contributed by atoms with Crippen molar-refractivity contribution in [1.82, 2.24) is 9.97 Å². The molecule has 1 aliphatic heterocycles. The van der Waals surface area contributed by atoms with E-state index in [4.69, 9.17) is 14.7 Å². The van der Waals surface area contributed by atoms with Crippen molar-refractivity contribution >= 4 is 28.4 Å². The number of nitrogens with zero attached hydrogens (tertiary/aromatic N) is 3. The maximum absolute atomic E-state index is 13.4. The highest BCUT2D eigenvalue weighted by Gasteiger charge is 2.35. The van der Waals surface area contributed by atoms with Gasteiger partial charge in [0, 0.05) is 17.6 Å². The lowest BCUT2D eigenvalue weighted by atomic mass is 9.93. The van der Waals surface area contributed by atoms with E-state index >= 15 is 0 Å². The van der Waals surface area contributed by atoms with Crippen molar-refractivity contribution in [2.45, 2.75) is 25.3 Å². The summed E-state index contributed by atoms with van der Waals surface area (Å²) in [6.45, 7) is 0.903. The zero-order valence-corrected chi connectivity index (χ0v) is 17.8. The molecule has 4 aromatic rings. The van der Waals surface area contributed by atoms with E-state index in [1.54, 1.807) is 19.2 Å². The fourth-order valence-corrected chi connectivity index (χ4v) is 5.14. The van der Waals surface area contributed by atoms with Crippen molar-refractivity contribution in [2.75, 3.05) is 23.9 Å². The van der Waals surface area contributed by atoms with Crippen LogP contribution in [0.2, 0.25) is 0 Å². The smallest absolute Gasteiger partial charge is 0.229 e. The largest absolute Gasteiger partial charge is 0.494 e. The Morgan fingerprint density at radius 2 is 1.75 bits per heavy atom. The Morgan fingerprint density at radius 3 is 2.56 bits per heavy atom. The van der Waals surface area contributed by atoms with Crippen molar-refractivity contribution < 1.29 is 9.13 Å². The average Bonchev–Trinajstić information content (AvgIpc) is 3.26. The summed E-state index contributed by atoms with van der Waals surface area (Å²) in [7, 11) is 1.66. The number of nitrogens with one attached hydrogen (secondary N) is 1. The van der Waals surface area contributed by atoms with E-state index in [1.807, 2.05) is 12.1 Å². The third kappa shape index (κ3) is 3.06. The molecule has 0 fully saturated rings. The highest BCUT2D eigenvalue weighted by atomic mass is 19.1. The van der Waals surface area contributed by atoms with Gasteiger partial charge in [0.25, 0.3) is 0 Å². The van der Waals surface area contributed by atoms with Crippen molar-refractivity contribution in [3.63, 3.8) is 0 Å². The van der Waals surface area contributed by atoms with Crippen LogP contribution in [0.1, 0.15) is 29.2 Å². The standard InChI is InChI=1S/C26H23FN4O/c1-32-22-7-3-6-20-24(22)29-26(28-19-11-9-18(27)10-12-19)30-25(20)31-15-14-17-5-2-4-16-8-13-21(31)23(16)17/h2-7,9-12,21H,8,13-15H2,1H3,(H,28,29,30). The summed E-state index contributed by atoms with van der Waals surface area (Å²) >= 11 is 0. The second kappa shape index (κ2) is 7.48. The number of hydrogen-bond acceptors (Lipinski definition) is 5. The first-order valence-corrected chi connectivity index (χ1v) is 11.0. The minimum Gasteiger partial charge on any atom is -0.494 e. The molecule has 32 heavy (non-hydrogen) atoms. The molecule has 1 N–H and O–H groups in total. The number of para-hydroxylation sites is 1. The Morgan fingerprint density at radius 1 is 0.969 bits per heavy atom. The fourth-order valence-electron chi connectivity index (χ4n) is 5.14. The van der Waals surface area contributed by atoms with E-state index in [-0.39, 0.29) is 5.82 Å². The Hall–Kier alpha value is -3.67. The summed E-state index contributed by atoms with van der Waals surface area (Å²) in [4.78, 5) is 12.2. The van der Waals surface area contributed by atoms with Gasteiger partial charge in [0.05, 0.1) is 13.2 Å². The van der Waals surface area contributed by atoms with Crippen LogP contribution >= 0.6 is 0 Å². The van der Waals surface area contributed by atoms with Crippen molar-refractivity contribution in [3.05, 3.63) is 83.2 Å². The molecule has 0 radical (unpaired) electrons. The van der Waals surface area contributed by atoms with Gasteiger partial charge in [-0.15, -0.1) is 0 Å². The number of hydrogen-bond donors (Lipinski definition) is 1. The highest BCUT2D eigenvalue weighted by molar-refractivity contribution is 5.95. The molecule has 160 valence electrons. The lowest BCUT2D eigenvalue weighted by Gasteiger charge is -2.36. The van der Waals surface area contributed by atoms with Crippen molar-refractivity contribution in [3.8, 4) is 5.75 Å². The molecule has 1 atom stereocenters. The summed E-state index contributed by atoms with van der Waals surface area (Å²) in [5.74, 6) is 1.81. The van der Waals surface area contributed by atoms with Crippen LogP contribution in [0.25, 0.3) is 10.9 Å². The topological polar surface area (TPSA) is 50.3 Å². The highest BCUT2D eigenvalue weighted by Crippen LogP contribution is 2.45. The Bertz CT molecular complexity index is 1320. The van der Waals surface area contributed by atoms with E-state index in [0.29, 0.717) is 17.7 Å². The number of ether oxygens (including phenoxy) is 1. The minimum absolute atomic E-state index is 0.277. The van der Waals surface area contributed by atoms with Gasteiger partial charge in [0.1, 0.15) is 22.9 Å². The minimum atomic E-state index is -0.277. The molecule has 2 heterocycles. The molecule has 0 saturated carbocycles. The van der Waals surface area contributed by atoms with Crippen molar-refractivity contribution in [1.29, 1.82) is 0 Å². The molecule has 1 unspecified atom stereocenters. The van der Waals surface area contributed by atoms with Gasteiger partial charge in [-0.05, 0) is 72.4 Å². The molecule has 2 aliphatic rings. The summed E-state index contributed by atoms with van der Waals surface area (Å²) in [5.41, 5.74) is 5.89. The molecule has 5 nitrogen and oxygen atoms in total. The van der Waals surface area contributed by atoms with Crippen LogP contribution in [0.4, 0.5) is 21.8 Å². The fraction of sp³-hybridized carbons (Fsp3) is 0.231. The lowest BCUT2D eigenvalue weighted by molar-refractivity contribution is 0.419. The number of aryl methyl sites for hydroxylation is 1. The first-order valence-electron chi connectivity index (χ1n) is 11.0. The van der Waals surface area contributed by atoms with E-state index < -0.39 is 0 Å². The maximum atomic E-state index is 13.4. The van der Waals surface area contributed by atoms with Gasteiger partial charge in [-0.25, -0.2) is 9.37 Å². The van der Waals surface area contributed by atoms with E-state index in [2.05, 4.69) is 34.5 Å². The van der Waals surface area contributed by atoms with Gasteiger partial charge >= 0.3 is 0 Å². The molecule has 0 saturated heterocycles. The molecule has 6 heteroatoms. The van der Waals surface area contributed by atoms with E-state index in [9.17, 15) is 4.39 Å². The molecule has 0 spiro atoms. The lowest BCUT2D eigenvalue weighted by Crippen LogP contribution is -2.35. The molecule has 6 rings (SSSR count). The normalized spacial score (nSPS) is 16.8. The predicted molar refractivity (Wildman–Crippen MR) is 124 cm³/mol. The Labute approximate surface area is 185 Å². The summed E-state index contributed by atoms with van der Waals surface area (Å²) in [6.07, 6.45) is 3.18. The van der Waals surface area contributed by atoms with Crippen LogP contribution < -0.4 is 15.0 Å². The second-order valence-electron chi connectivity index (χ2n) is 8.35. The molecule has 3 aromatic carbocycles. The monoisotopic (exact) mass is 426 g/mol. The van der Waals surface area contributed by atoms with Crippen LogP contribution in [0.3, 0.4) is 0 Å². The number of aromatic nitrogens is 2. The van der Waals surface area contributed by atoms with Crippen LogP contribution in [-0.2, 0) is 12.8 Å². The molecule has 1 aromatic heterocycles. The summed E-state index contributed by atoms with van der Waals surface area (Å²) in [6, 6.07) is 19.2. The molecule has 1 aliphatic carbocycles. The van der Waals surface area contributed by atoms with Gasteiger partial charge in [0.15, 0.2) is 0 Å². The van der Waals surface area contributed by atoms with Crippen LogP contribution in [-0.4, -0.2) is 23.6 Å². The summed E-state index contributed by atoms with van der Waals surface area (Å²) < 4.78 is 19.0. The first-order chi connectivity index (χ1) is 15.7. The maximum Gasteiger partial charge on any atom is 0.229 e. The Kier molecular flexibility index (Phi) is 4.45. The average molecular weight is 426 g/mol. The zero-order chi connectivity index (χ0) is 21.7. The summed E-state index contributed by atoms with van der Waals surface area (Å²) in [5, 5.41) is 4.22. The van der Waals surface area contributed by atoms with Crippen LogP contribution in [0, 0.1) is 5.82 Å². The van der Waals surface area contributed by atoms with Gasteiger partial charge in [-0.2, -0.15) is 4.98 Å². The Balaban J connectivity index is 1.49. The number of rotatable bonds is 4. The van der Waals surface area contributed by atoms with Crippen LogP contribution in [0.15, 0.2) is 60.7 Å². The molecule has 0 bridgehead atoms. The third-order valence-corrected chi connectivity index (χ3v) is 6.57. The predicted octanol–water partition coefficient (Wildman–Crippen LogP) is 5.57. The number of fused-ring (bicyclic) bond motifs is 1. The quantitative estimate of drug-likeness (QED) is 0.462. The second-order valence-corrected chi connectivity index (χ2v) is 8.35.